The molecule has 4 aliphatic rings. The number of likely N-dealkylation sites (tertiary alicyclic amines) is 1. The third kappa shape index (κ3) is 4.89. The van der Waals surface area contributed by atoms with Gasteiger partial charge in [0, 0.05) is 42.4 Å². The molecular weight excluding hydrogens is 504 g/mol. The molecule has 11 heteroatoms. The first-order valence-electron chi connectivity index (χ1n) is 12.4. The zero-order valence-corrected chi connectivity index (χ0v) is 21.5. The number of carbonyl (C=O) groups excluding carboxylic acids is 1. The van der Waals surface area contributed by atoms with E-state index in [2.05, 4.69) is 10.3 Å². The highest BCUT2D eigenvalue weighted by Crippen LogP contribution is 2.38. The molecule has 1 aromatic rings. The van der Waals surface area contributed by atoms with Gasteiger partial charge in [-0.15, -0.1) is 0 Å². The number of hydrogen-bond acceptors (Lipinski definition) is 7. The van der Waals surface area contributed by atoms with Crippen LogP contribution in [0.1, 0.15) is 43.5 Å². The van der Waals surface area contributed by atoms with Crippen LogP contribution in [0, 0.1) is 11.2 Å². The fourth-order valence-corrected chi connectivity index (χ4v) is 5.89. The Balaban J connectivity index is 1.35. The molecule has 4 atom stereocenters. The number of alkyl halides is 1. The van der Waals surface area contributed by atoms with Crippen molar-refractivity contribution < 1.29 is 23.4 Å². The zero-order chi connectivity index (χ0) is 26.4. The first kappa shape index (κ1) is 25.8. The number of amides is 1. The highest BCUT2D eigenvalue weighted by molar-refractivity contribution is 6.43. The average Bonchev–Trinajstić information content (AvgIpc) is 3.31. The molecule has 37 heavy (non-hydrogen) atoms. The molecule has 0 aliphatic carbocycles. The molecule has 0 radical (unpaired) electrons. The highest BCUT2D eigenvalue weighted by atomic mass is 35.5. The molecule has 4 aliphatic heterocycles. The number of carbonyl (C=O) groups is 1. The Hall–Kier alpha value is -2.82. The number of fused-ring (bicyclic) bond motifs is 2. The predicted octanol–water partition coefficient (Wildman–Crippen LogP) is 3.36. The van der Waals surface area contributed by atoms with E-state index in [4.69, 9.17) is 21.7 Å². The van der Waals surface area contributed by atoms with Crippen LogP contribution in [0.15, 0.2) is 45.3 Å². The summed E-state index contributed by atoms with van der Waals surface area (Å²) in [5.74, 6) is -0.290. The van der Waals surface area contributed by atoms with E-state index < -0.39 is 18.6 Å². The molecular formula is C26H30ClF2N5O3. The van der Waals surface area contributed by atoms with Crippen LogP contribution >= 0.6 is 11.6 Å². The number of aliphatic imine (C=N–C) groups is 1. The molecule has 0 spiro atoms. The van der Waals surface area contributed by atoms with Crippen molar-refractivity contribution in [2.45, 2.75) is 57.4 Å². The van der Waals surface area contributed by atoms with Gasteiger partial charge in [-0.2, -0.15) is 0 Å². The second-order valence-corrected chi connectivity index (χ2v) is 10.4. The largest absolute Gasteiger partial charge is 0.489 e. The van der Waals surface area contributed by atoms with Gasteiger partial charge in [0.15, 0.2) is 0 Å². The molecule has 5 rings (SSSR count). The van der Waals surface area contributed by atoms with E-state index >= 15 is 0 Å². The van der Waals surface area contributed by atoms with E-state index in [1.165, 1.54) is 23.1 Å². The van der Waals surface area contributed by atoms with E-state index in [1.807, 2.05) is 11.8 Å². The third-order valence-electron chi connectivity index (χ3n) is 7.57. The molecule has 0 aromatic heterocycles. The van der Waals surface area contributed by atoms with Crippen LogP contribution in [0.5, 0.6) is 5.75 Å². The van der Waals surface area contributed by atoms with Crippen molar-refractivity contribution in [3.05, 3.63) is 51.7 Å². The summed E-state index contributed by atoms with van der Waals surface area (Å²) in [7, 11) is 0. The quantitative estimate of drug-likeness (QED) is 0.539. The monoisotopic (exact) mass is 533 g/mol. The molecule has 1 amide bonds. The van der Waals surface area contributed by atoms with Crippen molar-refractivity contribution in [2.24, 2.45) is 4.99 Å². The van der Waals surface area contributed by atoms with Gasteiger partial charge in [0.2, 0.25) is 0 Å². The first-order valence-corrected chi connectivity index (χ1v) is 12.8. The molecule has 3 saturated heterocycles. The number of halogens is 3. The van der Waals surface area contributed by atoms with Crippen LogP contribution in [-0.4, -0.2) is 82.8 Å². The lowest BCUT2D eigenvalue weighted by atomic mass is 9.99. The average molecular weight is 534 g/mol. The fourth-order valence-electron chi connectivity index (χ4n) is 5.80. The lowest BCUT2D eigenvalue weighted by Gasteiger charge is -2.38. The number of aliphatic hydroxyl groups excluding tert-OH is 1. The summed E-state index contributed by atoms with van der Waals surface area (Å²) in [5.41, 5.74) is 2.40. The number of piperidine rings is 1. The SMILES string of the molecule is CC1=N/C(=C2\CN(C(=O)c3ccc(F)cc3OC3CC4CC(O)C(C3)N4CCF)CC2=N)NC(C)=C1Cl. The predicted molar refractivity (Wildman–Crippen MR) is 136 cm³/mol. The van der Waals surface area contributed by atoms with E-state index in [0.29, 0.717) is 41.4 Å². The molecule has 198 valence electrons. The number of allylic oxidation sites excluding steroid dienone is 2. The maximum absolute atomic E-state index is 14.2. The number of benzene rings is 1. The van der Waals surface area contributed by atoms with Gasteiger partial charge in [-0.05, 0) is 38.8 Å². The second kappa shape index (κ2) is 10.2. The Labute approximate surface area is 219 Å². The second-order valence-electron chi connectivity index (χ2n) is 10.0. The summed E-state index contributed by atoms with van der Waals surface area (Å²) in [4.78, 5) is 21.5. The molecule has 4 unspecified atom stereocenters. The summed E-state index contributed by atoms with van der Waals surface area (Å²) in [6.07, 6.45) is 0.664. The summed E-state index contributed by atoms with van der Waals surface area (Å²) in [6, 6.07) is 3.57. The fraction of sp³-hybridized carbons (Fsp3) is 0.500. The van der Waals surface area contributed by atoms with Crippen molar-refractivity contribution in [1.82, 2.24) is 15.1 Å². The minimum Gasteiger partial charge on any atom is -0.489 e. The Morgan fingerprint density at radius 1 is 1.30 bits per heavy atom. The number of rotatable bonds is 5. The van der Waals surface area contributed by atoms with Gasteiger partial charge in [-0.1, -0.05) is 11.6 Å². The van der Waals surface area contributed by atoms with E-state index in [-0.39, 0.29) is 60.8 Å². The molecule has 3 N–H and O–H groups in total. The number of nitrogens with zero attached hydrogens (tertiary/aromatic N) is 3. The summed E-state index contributed by atoms with van der Waals surface area (Å²) in [5, 5.41) is 22.5. The lowest BCUT2D eigenvalue weighted by Crippen LogP contribution is -2.49. The van der Waals surface area contributed by atoms with E-state index in [0.717, 1.165) is 5.70 Å². The Morgan fingerprint density at radius 3 is 2.78 bits per heavy atom. The maximum Gasteiger partial charge on any atom is 0.258 e. The highest BCUT2D eigenvalue weighted by Gasteiger charge is 2.46. The standard InChI is InChI=1S/C26H30ClF2N5O3/c1-13-24(27)14(2)32-25(31-13)19-11-33(12-20(19)30)26(36)18-4-3-15(29)7-23(18)37-17-8-16-9-22(35)21(10-17)34(16)6-5-28/h3-4,7,16-17,21-22,30-31,35H,5-6,8-12H2,1-2H3/b25-19+,30-20?. The van der Waals surface area contributed by atoms with Crippen molar-refractivity contribution in [3.8, 4) is 5.75 Å². The van der Waals surface area contributed by atoms with Crippen molar-refractivity contribution in [1.29, 1.82) is 5.41 Å². The van der Waals surface area contributed by atoms with E-state index in [9.17, 15) is 18.7 Å². The number of hydrogen-bond donors (Lipinski definition) is 3. The maximum atomic E-state index is 14.2. The normalized spacial score (nSPS) is 30.1. The Morgan fingerprint density at radius 2 is 2.08 bits per heavy atom. The topological polar surface area (TPSA) is 101 Å². The van der Waals surface area contributed by atoms with Gasteiger partial charge in [0.1, 0.15) is 30.2 Å². The molecule has 8 nitrogen and oxygen atoms in total. The van der Waals surface area contributed by atoms with Crippen molar-refractivity contribution in [3.63, 3.8) is 0 Å². The van der Waals surface area contributed by atoms with Crippen LogP contribution < -0.4 is 10.1 Å². The van der Waals surface area contributed by atoms with Crippen LogP contribution in [-0.2, 0) is 0 Å². The minimum absolute atomic E-state index is 0.0199. The number of nitrogens with one attached hydrogen (secondary N) is 2. The van der Waals surface area contributed by atoms with Gasteiger partial charge in [-0.25, -0.2) is 13.8 Å². The summed E-state index contributed by atoms with van der Waals surface area (Å²) in [6.45, 7) is 3.62. The Bertz CT molecular complexity index is 1230. The third-order valence-corrected chi connectivity index (χ3v) is 8.13. The van der Waals surface area contributed by atoms with Crippen LogP contribution in [0.2, 0.25) is 0 Å². The first-order chi connectivity index (χ1) is 17.7. The smallest absolute Gasteiger partial charge is 0.258 e. The Kier molecular flexibility index (Phi) is 7.08. The van der Waals surface area contributed by atoms with Gasteiger partial charge < -0.3 is 25.5 Å². The molecule has 4 heterocycles. The molecule has 0 saturated carbocycles. The molecule has 1 aromatic carbocycles. The summed E-state index contributed by atoms with van der Waals surface area (Å²) >= 11 is 6.22. The number of ether oxygens (including phenoxy) is 1. The summed E-state index contributed by atoms with van der Waals surface area (Å²) < 4.78 is 33.4. The lowest BCUT2D eigenvalue weighted by molar-refractivity contribution is 0.0219. The van der Waals surface area contributed by atoms with E-state index in [1.54, 1.807) is 6.92 Å². The van der Waals surface area contributed by atoms with Crippen molar-refractivity contribution in [2.75, 3.05) is 26.3 Å². The number of aliphatic hydroxyl groups is 1. The van der Waals surface area contributed by atoms with Gasteiger partial charge in [0.25, 0.3) is 5.91 Å². The molecule has 3 fully saturated rings. The van der Waals surface area contributed by atoms with Gasteiger partial charge in [-0.3, -0.25) is 9.69 Å². The zero-order valence-electron chi connectivity index (χ0n) is 20.7. The van der Waals surface area contributed by atoms with Crippen LogP contribution in [0.3, 0.4) is 0 Å². The van der Waals surface area contributed by atoms with Crippen LogP contribution in [0.4, 0.5) is 8.78 Å². The van der Waals surface area contributed by atoms with Crippen molar-refractivity contribution >= 4 is 28.9 Å². The van der Waals surface area contributed by atoms with Gasteiger partial charge in [0.05, 0.1) is 41.2 Å². The molecule has 2 bridgehead atoms. The minimum atomic E-state index is -0.561. The van der Waals surface area contributed by atoms with Crippen LogP contribution in [0.25, 0.3) is 0 Å². The van der Waals surface area contributed by atoms with Gasteiger partial charge >= 0.3 is 0 Å².